The minimum Gasteiger partial charge on any atom is -0.378 e. The van der Waals surface area contributed by atoms with E-state index in [1.54, 1.807) is 0 Å². The summed E-state index contributed by atoms with van der Waals surface area (Å²) in [5, 5.41) is 3.01. The van der Waals surface area contributed by atoms with Crippen LogP contribution in [-0.2, 0) is 16.0 Å². The van der Waals surface area contributed by atoms with Crippen molar-refractivity contribution in [3.8, 4) is 0 Å². The zero-order chi connectivity index (χ0) is 18.2. The SMILES string of the molecule is O=C(NCCCc1ccccc1)N1CCC(C(=O)N2CCOCC2)CC1. The molecule has 0 unspecified atom stereocenters. The number of aryl methyl sites for hydroxylation is 1. The van der Waals surface area contributed by atoms with Gasteiger partial charge < -0.3 is 19.9 Å². The number of piperidine rings is 1. The number of ether oxygens (including phenoxy) is 1. The van der Waals surface area contributed by atoms with Crippen LogP contribution in [0.2, 0.25) is 0 Å². The summed E-state index contributed by atoms with van der Waals surface area (Å²) in [7, 11) is 0. The first-order valence-electron chi connectivity index (χ1n) is 9.67. The molecule has 3 amide bonds. The summed E-state index contributed by atoms with van der Waals surface area (Å²) in [5.41, 5.74) is 1.30. The molecule has 0 aliphatic carbocycles. The average molecular weight is 359 g/mol. The average Bonchev–Trinajstić information content (AvgIpc) is 2.72. The van der Waals surface area contributed by atoms with Gasteiger partial charge in [0.25, 0.3) is 0 Å². The highest BCUT2D eigenvalue weighted by Gasteiger charge is 2.30. The Hall–Kier alpha value is -2.08. The molecular formula is C20H29N3O3. The summed E-state index contributed by atoms with van der Waals surface area (Å²) in [6, 6.07) is 10.3. The number of nitrogens with zero attached hydrogens (tertiary/aromatic N) is 2. The predicted molar refractivity (Wildman–Crippen MR) is 99.9 cm³/mol. The Morgan fingerprint density at radius 3 is 2.38 bits per heavy atom. The van der Waals surface area contributed by atoms with Crippen LogP contribution in [-0.4, -0.2) is 67.7 Å². The van der Waals surface area contributed by atoms with Gasteiger partial charge in [-0.25, -0.2) is 4.79 Å². The molecule has 142 valence electrons. The molecule has 0 atom stereocenters. The summed E-state index contributed by atoms with van der Waals surface area (Å²) in [4.78, 5) is 28.6. The van der Waals surface area contributed by atoms with Crippen LogP contribution in [0.1, 0.15) is 24.8 Å². The van der Waals surface area contributed by atoms with Crippen LogP contribution in [0.4, 0.5) is 4.79 Å². The van der Waals surface area contributed by atoms with E-state index in [4.69, 9.17) is 4.74 Å². The van der Waals surface area contributed by atoms with Crippen LogP contribution < -0.4 is 5.32 Å². The Bertz CT molecular complexity index is 579. The van der Waals surface area contributed by atoms with Crippen LogP contribution in [0.15, 0.2) is 30.3 Å². The Kier molecular flexibility index (Phi) is 6.89. The minimum atomic E-state index is -0.00432. The highest BCUT2D eigenvalue weighted by atomic mass is 16.5. The Balaban J connectivity index is 1.33. The number of likely N-dealkylation sites (tertiary alicyclic amines) is 1. The van der Waals surface area contributed by atoms with E-state index in [0.29, 0.717) is 45.9 Å². The normalized spacial score (nSPS) is 18.6. The number of hydrogen-bond acceptors (Lipinski definition) is 3. The fraction of sp³-hybridized carbons (Fsp3) is 0.600. The van der Waals surface area contributed by atoms with Gasteiger partial charge >= 0.3 is 6.03 Å². The molecule has 2 aliphatic heterocycles. The number of carbonyl (C=O) groups excluding carboxylic acids is 2. The van der Waals surface area contributed by atoms with E-state index < -0.39 is 0 Å². The second kappa shape index (κ2) is 9.57. The van der Waals surface area contributed by atoms with Gasteiger partial charge in [-0.05, 0) is 31.2 Å². The zero-order valence-corrected chi connectivity index (χ0v) is 15.4. The van der Waals surface area contributed by atoms with E-state index in [0.717, 1.165) is 25.7 Å². The molecule has 2 heterocycles. The molecule has 0 radical (unpaired) electrons. The number of benzene rings is 1. The number of hydrogen-bond donors (Lipinski definition) is 1. The van der Waals surface area contributed by atoms with Crippen molar-refractivity contribution in [3.63, 3.8) is 0 Å². The van der Waals surface area contributed by atoms with E-state index in [1.165, 1.54) is 5.56 Å². The van der Waals surface area contributed by atoms with Crippen LogP contribution in [0.5, 0.6) is 0 Å². The monoisotopic (exact) mass is 359 g/mol. The van der Waals surface area contributed by atoms with Gasteiger partial charge in [0, 0.05) is 38.6 Å². The summed E-state index contributed by atoms with van der Waals surface area (Å²) < 4.78 is 5.31. The molecule has 0 spiro atoms. The molecule has 0 saturated carbocycles. The van der Waals surface area contributed by atoms with Crippen LogP contribution in [0.25, 0.3) is 0 Å². The van der Waals surface area contributed by atoms with Gasteiger partial charge in [0.2, 0.25) is 5.91 Å². The van der Waals surface area contributed by atoms with Crippen LogP contribution in [0.3, 0.4) is 0 Å². The van der Waals surface area contributed by atoms with E-state index in [2.05, 4.69) is 17.4 Å². The second-order valence-electron chi connectivity index (χ2n) is 7.02. The fourth-order valence-electron chi connectivity index (χ4n) is 3.62. The van der Waals surface area contributed by atoms with Crippen molar-refractivity contribution in [3.05, 3.63) is 35.9 Å². The number of morpholine rings is 1. The first-order chi connectivity index (χ1) is 12.7. The van der Waals surface area contributed by atoms with Crippen molar-refractivity contribution >= 4 is 11.9 Å². The third kappa shape index (κ3) is 5.21. The topological polar surface area (TPSA) is 61.9 Å². The highest BCUT2D eigenvalue weighted by molar-refractivity contribution is 5.80. The standard InChI is InChI=1S/C20H29N3O3/c24-19(22-13-15-26-16-14-22)18-8-11-23(12-9-18)20(25)21-10-4-7-17-5-2-1-3-6-17/h1-3,5-6,18H,4,7-16H2,(H,21,25). The van der Waals surface area contributed by atoms with Crippen molar-refractivity contribution in [2.75, 3.05) is 45.9 Å². The number of urea groups is 1. The maximum absolute atomic E-state index is 12.5. The highest BCUT2D eigenvalue weighted by Crippen LogP contribution is 2.20. The molecule has 0 aromatic heterocycles. The van der Waals surface area contributed by atoms with E-state index >= 15 is 0 Å². The Labute approximate surface area is 155 Å². The Morgan fingerprint density at radius 1 is 1.00 bits per heavy atom. The third-order valence-electron chi connectivity index (χ3n) is 5.22. The molecule has 6 heteroatoms. The van der Waals surface area contributed by atoms with Crippen molar-refractivity contribution in [1.29, 1.82) is 0 Å². The van der Waals surface area contributed by atoms with Gasteiger partial charge in [-0.1, -0.05) is 30.3 Å². The molecule has 26 heavy (non-hydrogen) atoms. The van der Waals surface area contributed by atoms with E-state index in [9.17, 15) is 9.59 Å². The molecule has 2 fully saturated rings. The van der Waals surface area contributed by atoms with Crippen LogP contribution in [0, 0.1) is 5.92 Å². The lowest BCUT2D eigenvalue weighted by Crippen LogP contribution is -2.49. The third-order valence-corrected chi connectivity index (χ3v) is 5.22. The molecule has 2 saturated heterocycles. The van der Waals surface area contributed by atoms with Crippen molar-refractivity contribution < 1.29 is 14.3 Å². The molecule has 2 aliphatic rings. The van der Waals surface area contributed by atoms with Crippen LogP contribution >= 0.6 is 0 Å². The van der Waals surface area contributed by atoms with Crippen molar-refractivity contribution in [2.45, 2.75) is 25.7 Å². The minimum absolute atomic E-state index is 0.00432. The maximum atomic E-state index is 12.5. The predicted octanol–water partition coefficient (Wildman–Crippen LogP) is 1.90. The fourth-order valence-corrected chi connectivity index (χ4v) is 3.62. The lowest BCUT2D eigenvalue weighted by atomic mass is 9.95. The lowest BCUT2D eigenvalue weighted by Gasteiger charge is -2.35. The van der Waals surface area contributed by atoms with Gasteiger partial charge in [-0.2, -0.15) is 0 Å². The molecule has 1 aromatic rings. The van der Waals surface area contributed by atoms with Gasteiger partial charge in [-0.15, -0.1) is 0 Å². The molecule has 6 nitrogen and oxygen atoms in total. The maximum Gasteiger partial charge on any atom is 0.317 e. The zero-order valence-electron chi connectivity index (χ0n) is 15.4. The molecule has 1 N–H and O–H groups in total. The summed E-state index contributed by atoms with van der Waals surface area (Å²) in [6.07, 6.45) is 3.42. The smallest absolute Gasteiger partial charge is 0.317 e. The quantitative estimate of drug-likeness (QED) is 0.817. The van der Waals surface area contributed by atoms with Crippen molar-refractivity contribution in [1.82, 2.24) is 15.1 Å². The van der Waals surface area contributed by atoms with Crippen molar-refractivity contribution in [2.24, 2.45) is 5.92 Å². The first-order valence-corrected chi connectivity index (χ1v) is 9.67. The molecular weight excluding hydrogens is 330 g/mol. The van der Waals surface area contributed by atoms with Gasteiger partial charge in [0.1, 0.15) is 0 Å². The first kappa shape index (κ1) is 18.7. The molecule has 0 bridgehead atoms. The van der Waals surface area contributed by atoms with Gasteiger partial charge in [-0.3, -0.25) is 4.79 Å². The summed E-state index contributed by atoms with van der Waals surface area (Å²) >= 11 is 0. The number of amides is 3. The Morgan fingerprint density at radius 2 is 1.69 bits per heavy atom. The molecule has 1 aromatic carbocycles. The number of carbonyl (C=O) groups is 2. The molecule has 3 rings (SSSR count). The summed E-state index contributed by atoms with van der Waals surface area (Å²) in [6.45, 7) is 4.66. The number of rotatable bonds is 5. The largest absolute Gasteiger partial charge is 0.378 e. The second-order valence-corrected chi connectivity index (χ2v) is 7.02. The number of nitrogens with one attached hydrogen (secondary N) is 1. The van der Waals surface area contributed by atoms with E-state index in [-0.39, 0.29) is 17.9 Å². The van der Waals surface area contributed by atoms with Gasteiger partial charge in [0.05, 0.1) is 13.2 Å². The van der Waals surface area contributed by atoms with Gasteiger partial charge in [0.15, 0.2) is 0 Å². The summed E-state index contributed by atoms with van der Waals surface area (Å²) in [5.74, 6) is 0.284. The lowest BCUT2D eigenvalue weighted by molar-refractivity contribution is -0.141. The van der Waals surface area contributed by atoms with E-state index in [1.807, 2.05) is 28.0 Å².